The van der Waals surface area contributed by atoms with E-state index in [9.17, 15) is 14.0 Å². The van der Waals surface area contributed by atoms with Gasteiger partial charge >= 0.3 is 6.03 Å². The third-order valence-electron chi connectivity index (χ3n) is 3.91. The van der Waals surface area contributed by atoms with Crippen molar-refractivity contribution in [1.29, 1.82) is 0 Å². The summed E-state index contributed by atoms with van der Waals surface area (Å²) in [7, 11) is 0. The molecule has 1 aliphatic carbocycles. The quantitative estimate of drug-likeness (QED) is 0.860. The molecule has 5 nitrogen and oxygen atoms in total. The largest absolute Gasteiger partial charge is 0.352 e. The first-order chi connectivity index (χ1) is 10.5. The predicted octanol–water partition coefficient (Wildman–Crippen LogP) is 2.86. The summed E-state index contributed by atoms with van der Waals surface area (Å²) in [5, 5.41) is 5.67. The number of benzene rings is 1. The van der Waals surface area contributed by atoms with Gasteiger partial charge in [0.2, 0.25) is 5.91 Å². The third-order valence-corrected chi connectivity index (χ3v) is 4.57. The molecular formula is C15H17BrFN3O2. The Balaban J connectivity index is 1.66. The highest BCUT2D eigenvalue weighted by Gasteiger charge is 2.36. The molecule has 0 bridgehead atoms. The molecule has 1 aromatic carbocycles. The van der Waals surface area contributed by atoms with E-state index in [1.54, 1.807) is 4.90 Å². The van der Waals surface area contributed by atoms with Gasteiger partial charge in [-0.15, -0.1) is 0 Å². The van der Waals surface area contributed by atoms with Crippen molar-refractivity contribution in [2.75, 3.05) is 11.9 Å². The van der Waals surface area contributed by atoms with E-state index in [1.807, 2.05) is 0 Å². The standard InChI is InChI=1S/C15H17BrFN3O2/c16-11-8-9(17)3-6-12(11)19-15(22)20-7-1-2-13(20)14(21)18-10-4-5-10/h3,6,8,10,13H,1-2,4-5,7H2,(H,18,21)(H,19,22). The fourth-order valence-corrected chi connectivity index (χ4v) is 3.04. The molecule has 7 heteroatoms. The summed E-state index contributed by atoms with van der Waals surface area (Å²) in [6.45, 7) is 0.549. The average Bonchev–Trinajstić information content (AvgIpc) is 3.14. The predicted molar refractivity (Wildman–Crippen MR) is 84.0 cm³/mol. The van der Waals surface area contributed by atoms with Gasteiger partial charge in [0, 0.05) is 17.1 Å². The lowest BCUT2D eigenvalue weighted by molar-refractivity contribution is -0.124. The molecule has 2 N–H and O–H groups in total. The number of nitrogens with zero attached hydrogens (tertiary/aromatic N) is 1. The molecule has 118 valence electrons. The fourth-order valence-electron chi connectivity index (χ4n) is 2.59. The van der Waals surface area contributed by atoms with Crippen molar-refractivity contribution in [2.24, 2.45) is 0 Å². The molecular weight excluding hydrogens is 353 g/mol. The maximum atomic E-state index is 13.1. The highest BCUT2D eigenvalue weighted by atomic mass is 79.9. The van der Waals surface area contributed by atoms with Crippen LogP contribution in [0.1, 0.15) is 25.7 Å². The number of carbonyl (C=O) groups excluding carboxylic acids is 2. The average molecular weight is 370 g/mol. The highest BCUT2D eigenvalue weighted by molar-refractivity contribution is 9.10. The topological polar surface area (TPSA) is 61.4 Å². The fraction of sp³-hybridized carbons (Fsp3) is 0.467. The first-order valence-corrected chi connectivity index (χ1v) is 8.17. The SMILES string of the molecule is O=C(NC1CC1)C1CCCN1C(=O)Nc1ccc(F)cc1Br. The van der Waals surface area contributed by atoms with Crippen molar-refractivity contribution < 1.29 is 14.0 Å². The number of amides is 3. The molecule has 2 aliphatic rings. The Kier molecular flexibility index (Phi) is 4.33. The van der Waals surface area contributed by atoms with Gasteiger partial charge in [-0.25, -0.2) is 9.18 Å². The molecule has 0 radical (unpaired) electrons. The zero-order chi connectivity index (χ0) is 15.7. The van der Waals surface area contributed by atoms with Gasteiger partial charge < -0.3 is 15.5 Å². The number of rotatable bonds is 3. The van der Waals surface area contributed by atoms with E-state index in [0.29, 0.717) is 23.1 Å². The summed E-state index contributed by atoms with van der Waals surface area (Å²) < 4.78 is 13.5. The van der Waals surface area contributed by atoms with Crippen LogP contribution in [-0.4, -0.2) is 35.5 Å². The van der Waals surface area contributed by atoms with Gasteiger partial charge in [0.15, 0.2) is 0 Å². The number of carbonyl (C=O) groups is 2. The van der Waals surface area contributed by atoms with Crippen molar-refractivity contribution in [3.05, 3.63) is 28.5 Å². The van der Waals surface area contributed by atoms with Gasteiger partial charge in [0.1, 0.15) is 11.9 Å². The van der Waals surface area contributed by atoms with Crippen LogP contribution in [0.25, 0.3) is 0 Å². The normalized spacial score (nSPS) is 20.8. The van der Waals surface area contributed by atoms with E-state index < -0.39 is 6.04 Å². The molecule has 1 atom stereocenters. The second kappa shape index (κ2) is 6.24. The van der Waals surface area contributed by atoms with E-state index in [4.69, 9.17) is 0 Å². The highest BCUT2D eigenvalue weighted by Crippen LogP contribution is 2.26. The second-order valence-electron chi connectivity index (χ2n) is 5.69. The van der Waals surface area contributed by atoms with Crippen molar-refractivity contribution in [3.8, 4) is 0 Å². The third kappa shape index (κ3) is 3.40. The van der Waals surface area contributed by atoms with Crippen LogP contribution in [0.15, 0.2) is 22.7 Å². The molecule has 0 spiro atoms. The lowest BCUT2D eigenvalue weighted by Crippen LogP contribution is -2.48. The maximum absolute atomic E-state index is 13.1. The number of hydrogen-bond acceptors (Lipinski definition) is 2. The van der Waals surface area contributed by atoms with Gasteiger partial charge in [-0.3, -0.25) is 4.79 Å². The van der Waals surface area contributed by atoms with Crippen molar-refractivity contribution >= 4 is 33.6 Å². The van der Waals surface area contributed by atoms with Crippen LogP contribution in [0.2, 0.25) is 0 Å². The zero-order valence-corrected chi connectivity index (χ0v) is 13.5. The van der Waals surface area contributed by atoms with E-state index in [-0.39, 0.29) is 23.8 Å². The summed E-state index contributed by atoms with van der Waals surface area (Å²) in [6.07, 6.45) is 3.53. The minimum atomic E-state index is -0.417. The number of anilines is 1. The summed E-state index contributed by atoms with van der Waals surface area (Å²) in [4.78, 5) is 26.1. The van der Waals surface area contributed by atoms with E-state index in [0.717, 1.165) is 19.3 Å². The van der Waals surface area contributed by atoms with Crippen molar-refractivity contribution in [2.45, 2.75) is 37.8 Å². The Labute approximate surface area is 136 Å². The van der Waals surface area contributed by atoms with Crippen LogP contribution in [0, 0.1) is 5.82 Å². The summed E-state index contributed by atoms with van der Waals surface area (Å²) in [6, 6.07) is 3.59. The monoisotopic (exact) mass is 369 g/mol. The second-order valence-corrected chi connectivity index (χ2v) is 6.54. The van der Waals surface area contributed by atoms with Crippen molar-refractivity contribution in [3.63, 3.8) is 0 Å². The maximum Gasteiger partial charge on any atom is 0.322 e. The Morgan fingerprint density at radius 1 is 1.27 bits per heavy atom. The molecule has 1 saturated carbocycles. The van der Waals surface area contributed by atoms with Crippen LogP contribution in [0.5, 0.6) is 0 Å². The number of hydrogen-bond donors (Lipinski definition) is 2. The molecule has 22 heavy (non-hydrogen) atoms. The summed E-state index contributed by atoms with van der Waals surface area (Å²) in [5.41, 5.74) is 0.486. The van der Waals surface area contributed by atoms with E-state index in [1.165, 1.54) is 18.2 Å². The van der Waals surface area contributed by atoms with Crippen LogP contribution >= 0.6 is 15.9 Å². The Morgan fingerprint density at radius 2 is 2.05 bits per heavy atom. The molecule has 1 saturated heterocycles. The Morgan fingerprint density at radius 3 is 2.73 bits per heavy atom. The van der Waals surface area contributed by atoms with Gasteiger partial charge in [-0.1, -0.05) is 0 Å². The Bertz CT molecular complexity index is 606. The van der Waals surface area contributed by atoms with Gasteiger partial charge in [-0.2, -0.15) is 0 Å². The molecule has 2 fully saturated rings. The number of urea groups is 1. The van der Waals surface area contributed by atoms with Gasteiger partial charge in [0.25, 0.3) is 0 Å². The molecule has 1 aliphatic heterocycles. The van der Waals surface area contributed by atoms with Gasteiger partial charge in [-0.05, 0) is 59.8 Å². The van der Waals surface area contributed by atoms with Crippen LogP contribution in [0.3, 0.4) is 0 Å². The van der Waals surface area contributed by atoms with E-state index >= 15 is 0 Å². The molecule has 3 rings (SSSR count). The first kappa shape index (κ1) is 15.3. The van der Waals surface area contributed by atoms with E-state index in [2.05, 4.69) is 26.6 Å². The molecule has 1 aromatic rings. The summed E-state index contributed by atoms with van der Waals surface area (Å²) in [5.74, 6) is -0.457. The number of likely N-dealkylation sites (tertiary alicyclic amines) is 1. The Hall–Kier alpha value is -1.63. The lowest BCUT2D eigenvalue weighted by atomic mass is 10.2. The number of halogens is 2. The zero-order valence-electron chi connectivity index (χ0n) is 11.9. The molecule has 1 unspecified atom stereocenters. The minimum absolute atomic E-state index is 0.0756. The first-order valence-electron chi connectivity index (χ1n) is 7.37. The minimum Gasteiger partial charge on any atom is -0.352 e. The van der Waals surface area contributed by atoms with Crippen LogP contribution < -0.4 is 10.6 Å². The molecule has 3 amide bonds. The van der Waals surface area contributed by atoms with Crippen molar-refractivity contribution in [1.82, 2.24) is 10.2 Å². The van der Waals surface area contributed by atoms with Crippen LogP contribution in [0.4, 0.5) is 14.9 Å². The molecule has 0 aromatic heterocycles. The lowest BCUT2D eigenvalue weighted by Gasteiger charge is -2.24. The molecule has 1 heterocycles. The van der Waals surface area contributed by atoms with Crippen LogP contribution in [-0.2, 0) is 4.79 Å². The smallest absolute Gasteiger partial charge is 0.322 e. The summed E-state index contributed by atoms with van der Waals surface area (Å²) >= 11 is 3.22. The number of nitrogens with one attached hydrogen (secondary N) is 2. The van der Waals surface area contributed by atoms with Gasteiger partial charge in [0.05, 0.1) is 5.69 Å².